The van der Waals surface area contributed by atoms with E-state index in [0.29, 0.717) is 5.54 Å². The van der Waals surface area contributed by atoms with E-state index in [1.807, 2.05) is 0 Å². The summed E-state index contributed by atoms with van der Waals surface area (Å²) in [5.41, 5.74) is 0.481. The van der Waals surface area contributed by atoms with Crippen LogP contribution >= 0.6 is 0 Å². The van der Waals surface area contributed by atoms with Gasteiger partial charge in [0.15, 0.2) is 0 Å². The van der Waals surface area contributed by atoms with Gasteiger partial charge < -0.3 is 5.32 Å². The Kier molecular flexibility index (Phi) is 1.82. The van der Waals surface area contributed by atoms with Crippen LogP contribution in [0.15, 0.2) is 12.2 Å². The van der Waals surface area contributed by atoms with E-state index in [-0.39, 0.29) is 0 Å². The average Bonchev–Trinajstić information content (AvgIpc) is 2.90. The molecule has 2 aliphatic carbocycles. The van der Waals surface area contributed by atoms with Crippen molar-refractivity contribution in [3.05, 3.63) is 12.2 Å². The molecule has 3 aliphatic rings. The van der Waals surface area contributed by atoms with Crippen LogP contribution < -0.4 is 5.32 Å². The molecule has 0 radical (unpaired) electrons. The van der Waals surface area contributed by atoms with E-state index in [2.05, 4.69) is 31.3 Å². The highest BCUT2D eigenvalue weighted by Gasteiger charge is 2.56. The van der Waals surface area contributed by atoms with Gasteiger partial charge in [0.05, 0.1) is 0 Å². The van der Waals surface area contributed by atoms with E-state index in [1.54, 1.807) is 0 Å². The lowest BCUT2D eigenvalue weighted by molar-refractivity contribution is 0.206. The summed E-state index contributed by atoms with van der Waals surface area (Å²) in [5.74, 6) is 3.73. The molecule has 1 heterocycles. The van der Waals surface area contributed by atoms with Crippen LogP contribution in [0.1, 0.15) is 33.1 Å². The van der Waals surface area contributed by atoms with E-state index in [9.17, 15) is 0 Å². The van der Waals surface area contributed by atoms with Crippen LogP contribution in [0.2, 0.25) is 0 Å². The van der Waals surface area contributed by atoms with Crippen LogP contribution in [-0.2, 0) is 0 Å². The van der Waals surface area contributed by atoms with Gasteiger partial charge in [0.25, 0.3) is 0 Å². The SMILES string of the molecule is CCC1(CC)NCC2C3C=CC(C3)C21. The van der Waals surface area contributed by atoms with Crippen molar-refractivity contribution in [2.24, 2.45) is 23.7 Å². The molecule has 0 aromatic heterocycles. The Morgan fingerprint density at radius 3 is 2.64 bits per heavy atom. The second kappa shape index (κ2) is 2.85. The highest BCUT2D eigenvalue weighted by molar-refractivity contribution is 5.21. The zero-order chi connectivity index (χ0) is 9.76. The van der Waals surface area contributed by atoms with Crippen LogP contribution in [0, 0.1) is 23.7 Å². The van der Waals surface area contributed by atoms with E-state index in [4.69, 9.17) is 0 Å². The summed E-state index contributed by atoms with van der Waals surface area (Å²) < 4.78 is 0. The summed E-state index contributed by atoms with van der Waals surface area (Å²) in [7, 11) is 0. The topological polar surface area (TPSA) is 12.0 Å². The third-order valence-corrected chi connectivity index (χ3v) is 5.21. The van der Waals surface area contributed by atoms with Crippen LogP contribution in [0.4, 0.5) is 0 Å². The monoisotopic (exact) mass is 191 g/mol. The zero-order valence-electron chi connectivity index (χ0n) is 9.29. The van der Waals surface area contributed by atoms with Gasteiger partial charge in [0.1, 0.15) is 0 Å². The van der Waals surface area contributed by atoms with Gasteiger partial charge in [-0.1, -0.05) is 26.0 Å². The molecule has 0 spiro atoms. The first kappa shape index (κ1) is 8.96. The van der Waals surface area contributed by atoms with Crippen molar-refractivity contribution in [1.82, 2.24) is 5.32 Å². The Morgan fingerprint density at radius 1 is 1.21 bits per heavy atom. The Hall–Kier alpha value is -0.300. The number of rotatable bonds is 2. The lowest BCUT2D eigenvalue weighted by atomic mass is 9.71. The van der Waals surface area contributed by atoms with E-state index < -0.39 is 0 Å². The highest BCUT2D eigenvalue weighted by Crippen LogP contribution is 2.56. The molecule has 0 aromatic rings. The maximum absolute atomic E-state index is 3.83. The fourth-order valence-corrected chi connectivity index (χ4v) is 4.43. The van der Waals surface area contributed by atoms with Crippen molar-refractivity contribution in [2.75, 3.05) is 6.54 Å². The Bertz CT molecular complexity index is 264. The molecule has 1 nitrogen and oxygen atoms in total. The van der Waals surface area contributed by atoms with E-state index in [0.717, 1.165) is 23.7 Å². The Morgan fingerprint density at radius 2 is 1.93 bits per heavy atom. The summed E-state index contributed by atoms with van der Waals surface area (Å²) in [4.78, 5) is 0. The summed E-state index contributed by atoms with van der Waals surface area (Å²) in [6, 6.07) is 0. The maximum Gasteiger partial charge on any atom is 0.0213 e. The second-order valence-corrected chi connectivity index (χ2v) is 5.38. The minimum absolute atomic E-state index is 0.481. The van der Waals surface area contributed by atoms with E-state index >= 15 is 0 Å². The van der Waals surface area contributed by atoms with Gasteiger partial charge in [-0.25, -0.2) is 0 Å². The fraction of sp³-hybridized carbons (Fsp3) is 0.846. The summed E-state index contributed by atoms with van der Waals surface area (Å²) in [6.45, 7) is 5.99. The molecular formula is C13H21N. The minimum Gasteiger partial charge on any atom is -0.311 e. The van der Waals surface area contributed by atoms with Crippen molar-refractivity contribution < 1.29 is 0 Å². The molecular weight excluding hydrogens is 170 g/mol. The number of nitrogens with one attached hydrogen (secondary N) is 1. The number of allylic oxidation sites excluding steroid dienone is 2. The van der Waals surface area contributed by atoms with Crippen LogP contribution in [0.25, 0.3) is 0 Å². The lowest BCUT2D eigenvalue weighted by Gasteiger charge is -2.37. The number of hydrogen-bond donors (Lipinski definition) is 1. The first-order valence-electron chi connectivity index (χ1n) is 6.24. The molecule has 4 atom stereocenters. The van der Waals surface area contributed by atoms with Crippen molar-refractivity contribution in [3.8, 4) is 0 Å². The molecule has 2 fully saturated rings. The largest absolute Gasteiger partial charge is 0.311 e. The van der Waals surface area contributed by atoms with Gasteiger partial charge >= 0.3 is 0 Å². The summed E-state index contributed by atoms with van der Waals surface area (Å²) in [5, 5.41) is 3.83. The van der Waals surface area contributed by atoms with Crippen LogP contribution in [-0.4, -0.2) is 12.1 Å². The summed E-state index contributed by atoms with van der Waals surface area (Å²) in [6.07, 6.45) is 9.05. The molecule has 1 saturated carbocycles. The molecule has 0 amide bonds. The van der Waals surface area contributed by atoms with Gasteiger partial charge in [-0.3, -0.25) is 0 Å². The van der Waals surface area contributed by atoms with Crippen LogP contribution in [0.5, 0.6) is 0 Å². The first-order valence-corrected chi connectivity index (χ1v) is 6.24. The molecule has 2 bridgehead atoms. The molecule has 1 heteroatoms. The molecule has 4 unspecified atom stereocenters. The molecule has 1 aliphatic heterocycles. The van der Waals surface area contributed by atoms with Gasteiger partial charge in [-0.2, -0.15) is 0 Å². The average molecular weight is 191 g/mol. The van der Waals surface area contributed by atoms with Crippen molar-refractivity contribution in [2.45, 2.75) is 38.6 Å². The smallest absolute Gasteiger partial charge is 0.0213 e. The first-order chi connectivity index (χ1) is 6.80. The van der Waals surface area contributed by atoms with Gasteiger partial charge in [0.2, 0.25) is 0 Å². The lowest BCUT2D eigenvalue weighted by Crippen LogP contribution is -2.45. The maximum atomic E-state index is 3.83. The van der Waals surface area contributed by atoms with Gasteiger partial charge in [0, 0.05) is 5.54 Å². The molecule has 3 rings (SSSR count). The number of hydrogen-bond acceptors (Lipinski definition) is 1. The van der Waals surface area contributed by atoms with Crippen molar-refractivity contribution in [1.29, 1.82) is 0 Å². The third kappa shape index (κ3) is 0.894. The van der Waals surface area contributed by atoms with Crippen molar-refractivity contribution >= 4 is 0 Å². The van der Waals surface area contributed by atoms with Crippen molar-refractivity contribution in [3.63, 3.8) is 0 Å². The van der Waals surface area contributed by atoms with Gasteiger partial charge in [-0.05, 0) is 49.5 Å². The third-order valence-electron chi connectivity index (χ3n) is 5.21. The predicted molar refractivity (Wildman–Crippen MR) is 59.0 cm³/mol. The van der Waals surface area contributed by atoms with E-state index in [1.165, 1.54) is 25.8 Å². The summed E-state index contributed by atoms with van der Waals surface area (Å²) >= 11 is 0. The molecule has 1 N–H and O–H groups in total. The minimum atomic E-state index is 0.481. The number of fused-ring (bicyclic) bond motifs is 5. The van der Waals surface area contributed by atoms with Crippen LogP contribution in [0.3, 0.4) is 0 Å². The fourth-order valence-electron chi connectivity index (χ4n) is 4.43. The quantitative estimate of drug-likeness (QED) is 0.662. The Labute approximate surface area is 87.0 Å². The molecule has 78 valence electrons. The predicted octanol–water partition coefficient (Wildman–Crippen LogP) is 2.59. The highest BCUT2D eigenvalue weighted by atomic mass is 15.0. The Balaban J connectivity index is 1.95. The second-order valence-electron chi connectivity index (χ2n) is 5.38. The zero-order valence-corrected chi connectivity index (χ0v) is 9.29. The normalized spacial score (nSPS) is 47.3. The molecule has 1 saturated heterocycles. The molecule has 14 heavy (non-hydrogen) atoms. The van der Waals surface area contributed by atoms with Gasteiger partial charge in [-0.15, -0.1) is 0 Å². The molecule has 0 aromatic carbocycles. The standard InChI is InChI=1S/C13H21N/c1-3-13(4-2)12-10-6-5-9(7-10)11(12)8-14-13/h5-6,9-12,14H,3-4,7-8H2,1-2H3.